The quantitative estimate of drug-likeness (QED) is 0.660. The Hall–Kier alpha value is -2.39. The van der Waals surface area contributed by atoms with Crippen LogP contribution in [-0.2, 0) is 12.8 Å². The van der Waals surface area contributed by atoms with Gasteiger partial charge in [0.05, 0.1) is 16.3 Å². The lowest BCUT2D eigenvalue weighted by Crippen LogP contribution is -2.13. The fraction of sp³-hybridized carbons (Fsp3) is 0.312. The fourth-order valence-electron chi connectivity index (χ4n) is 2.25. The van der Waals surface area contributed by atoms with Crippen LogP contribution in [0.4, 0.5) is 10.9 Å². The van der Waals surface area contributed by atoms with E-state index in [1.807, 2.05) is 0 Å². The van der Waals surface area contributed by atoms with Gasteiger partial charge in [0, 0.05) is 24.0 Å². The van der Waals surface area contributed by atoms with Gasteiger partial charge in [0.2, 0.25) is 5.13 Å². The van der Waals surface area contributed by atoms with Gasteiger partial charge in [-0.15, -0.1) is 21.5 Å². The molecule has 7 nitrogen and oxygen atoms in total. The van der Waals surface area contributed by atoms with Crippen LogP contribution in [0, 0.1) is 6.92 Å². The highest BCUT2D eigenvalue weighted by molar-refractivity contribution is 7.13. The highest BCUT2D eigenvalue weighted by Gasteiger charge is 2.09. The third-order valence-corrected chi connectivity index (χ3v) is 5.20. The normalized spacial score (nSPS) is 10.6. The minimum absolute atomic E-state index is 0.249. The third kappa shape index (κ3) is 4.58. The molecule has 0 aromatic carbocycles. The van der Waals surface area contributed by atoms with E-state index in [0.717, 1.165) is 30.2 Å². The number of amides is 1. The number of aryl methyl sites for hydroxylation is 2. The maximum atomic E-state index is 12.0. The van der Waals surface area contributed by atoms with Crippen LogP contribution in [0.5, 0.6) is 0 Å². The lowest BCUT2D eigenvalue weighted by Gasteiger charge is -2.05. The molecule has 0 radical (unpaired) electrons. The number of nitrogens with zero attached hydrogens (tertiary/aromatic N) is 4. The molecule has 0 aliphatic rings. The summed E-state index contributed by atoms with van der Waals surface area (Å²) in [5, 5.41) is 15.0. The molecule has 0 saturated heterocycles. The van der Waals surface area contributed by atoms with E-state index in [9.17, 15) is 4.79 Å². The molecule has 3 aromatic rings. The van der Waals surface area contributed by atoms with Gasteiger partial charge >= 0.3 is 0 Å². The first kappa shape index (κ1) is 17.4. The van der Waals surface area contributed by atoms with Gasteiger partial charge in [-0.3, -0.25) is 10.1 Å². The van der Waals surface area contributed by atoms with Gasteiger partial charge in [0.25, 0.3) is 5.91 Å². The van der Waals surface area contributed by atoms with Gasteiger partial charge in [0.15, 0.2) is 0 Å². The zero-order valence-electron chi connectivity index (χ0n) is 13.9. The summed E-state index contributed by atoms with van der Waals surface area (Å²) in [6.07, 6.45) is 3.37. The molecule has 0 unspecified atom stereocenters. The van der Waals surface area contributed by atoms with Gasteiger partial charge in [-0.05, 0) is 25.5 Å². The molecule has 25 heavy (non-hydrogen) atoms. The molecule has 0 saturated carbocycles. The second-order valence-corrected chi connectivity index (χ2v) is 7.39. The SMILES string of the molecule is CCc1nc(CCNc2ccc(C(=O)Nc3nncs3)cn2)sc1C. The molecule has 3 aromatic heterocycles. The van der Waals surface area contributed by atoms with E-state index in [1.165, 1.54) is 21.9 Å². The van der Waals surface area contributed by atoms with Crippen molar-refractivity contribution in [3.05, 3.63) is 45.0 Å². The lowest BCUT2D eigenvalue weighted by molar-refractivity contribution is 0.102. The average Bonchev–Trinajstić information content (AvgIpc) is 3.25. The van der Waals surface area contributed by atoms with Gasteiger partial charge in [0.1, 0.15) is 11.3 Å². The summed E-state index contributed by atoms with van der Waals surface area (Å²) in [6, 6.07) is 3.52. The van der Waals surface area contributed by atoms with Crippen molar-refractivity contribution >= 4 is 39.5 Å². The molecule has 3 heterocycles. The topological polar surface area (TPSA) is 92.7 Å². The average molecular weight is 374 g/mol. The number of pyridine rings is 1. The highest BCUT2D eigenvalue weighted by Crippen LogP contribution is 2.18. The van der Waals surface area contributed by atoms with Crippen molar-refractivity contribution in [1.29, 1.82) is 0 Å². The number of thiazole rings is 1. The predicted molar refractivity (Wildman–Crippen MR) is 101 cm³/mol. The molecule has 130 valence electrons. The zero-order valence-corrected chi connectivity index (χ0v) is 15.6. The van der Waals surface area contributed by atoms with E-state index in [4.69, 9.17) is 0 Å². The van der Waals surface area contributed by atoms with E-state index in [1.54, 1.807) is 35.2 Å². The summed E-state index contributed by atoms with van der Waals surface area (Å²) in [5.41, 5.74) is 3.22. The lowest BCUT2D eigenvalue weighted by atomic mass is 10.2. The van der Waals surface area contributed by atoms with Crippen LogP contribution in [0.1, 0.15) is 32.9 Å². The maximum absolute atomic E-state index is 12.0. The predicted octanol–water partition coefficient (Wildman–Crippen LogP) is 3.17. The number of hydrogen-bond donors (Lipinski definition) is 2. The summed E-state index contributed by atoms with van der Waals surface area (Å²) in [7, 11) is 0. The first-order chi connectivity index (χ1) is 12.2. The first-order valence-corrected chi connectivity index (χ1v) is 9.58. The van der Waals surface area contributed by atoms with Crippen molar-refractivity contribution in [1.82, 2.24) is 20.2 Å². The van der Waals surface area contributed by atoms with Gasteiger partial charge < -0.3 is 5.32 Å². The van der Waals surface area contributed by atoms with Gasteiger partial charge in [-0.25, -0.2) is 9.97 Å². The number of aromatic nitrogens is 4. The highest BCUT2D eigenvalue weighted by atomic mass is 32.1. The van der Waals surface area contributed by atoms with Crippen molar-refractivity contribution in [3.63, 3.8) is 0 Å². The molecule has 3 rings (SSSR count). The number of hydrogen-bond acceptors (Lipinski definition) is 8. The third-order valence-electron chi connectivity index (χ3n) is 3.52. The van der Waals surface area contributed by atoms with E-state index < -0.39 is 0 Å². The summed E-state index contributed by atoms with van der Waals surface area (Å²) < 4.78 is 0. The Balaban J connectivity index is 1.51. The number of carbonyl (C=O) groups is 1. The van der Waals surface area contributed by atoms with E-state index in [0.29, 0.717) is 10.7 Å². The second-order valence-electron chi connectivity index (χ2n) is 5.27. The van der Waals surface area contributed by atoms with Crippen LogP contribution in [0.15, 0.2) is 23.8 Å². The molecule has 0 aliphatic carbocycles. The Morgan fingerprint density at radius 1 is 1.32 bits per heavy atom. The standard InChI is InChI=1S/C16H18N6OS2/c1-3-12-10(2)25-14(20-12)6-7-17-13-5-4-11(8-18-13)15(23)21-16-22-19-9-24-16/h4-5,8-9H,3,6-7H2,1-2H3,(H,17,18)(H,21,22,23). The van der Waals surface area contributed by atoms with Crippen LogP contribution in [-0.4, -0.2) is 32.6 Å². The molecule has 1 amide bonds. The smallest absolute Gasteiger partial charge is 0.259 e. The van der Waals surface area contributed by atoms with E-state index in [2.05, 4.69) is 44.6 Å². The first-order valence-electron chi connectivity index (χ1n) is 7.88. The Bertz CT molecular complexity index is 829. The summed E-state index contributed by atoms with van der Waals surface area (Å²) >= 11 is 3.02. The van der Waals surface area contributed by atoms with Gasteiger partial charge in [-0.1, -0.05) is 18.3 Å². The maximum Gasteiger partial charge on any atom is 0.259 e. The molecule has 0 fully saturated rings. The zero-order chi connectivity index (χ0) is 17.6. The molecule has 9 heteroatoms. The van der Waals surface area contributed by atoms with E-state index >= 15 is 0 Å². The van der Waals surface area contributed by atoms with Crippen LogP contribution in [0.25, 0.3) is 0 Å². The monoisotopic (exact) mass is 374 g/mol. The van der Waals surface area contributed by atoms with Crippen molar-refractivity contribution < 1.29 is 4.79 Å². The minimum Gasteiger partial charge on any atom is -0.370 e. The second kappa shape index (κ2) is 8.13. The Labute approximate surface area is 153 Å². The van der Waals surface area contributed by atoms with Crippen molar-refractivity contribution in [2.24, 2.45) is 0 Å². The molecule has 0 atom stereocenters. The number of rotatable bonds is 7. The largest absolute Gasteiger partial charge is 0.370 e. The number of carbonyl (C=O) groups excluding carboxylic acids is 1. The Morgan fingerprint density at radius 2 is 2.20 bits per heavy atom. The van der Waals surface area contributed by atoms with Crippen LogP contribution in [0.2, 0.25) is 0 Å². The molecule has 0 aliphatic heterocycles. The van der Waals surface area contributed by atoms with Gasteiger partial charge in [-0.2, -0.15) is 0 Å². The van der Waals surface area contributed by atoms with Crippen molar-refractivity contribution in [3.8, 4) is 0 Å². The summed E-state index contributed by atoms with van der Waals surface area (Å²) in [6.45, 7) is 4.98. The van der Waals surface area contributed by atoms with Crippen molar-refractivity contribution in [2.75, 3.05) is 17.2 Å². The molecule has 0 bridgehead atoms. The Morgan fingerprint density at radius 3 is 2.84 bits per heavy atom. The molecule has 0 spiro atoms. The fourth-order valence-corrected chi connectivity index (χ4v) is 3.71. The van der Waals surface area contributed by atoms with E-state index in [-0.39, 0.29) is 5.91 Å². The Kier molecular flexibility index (Phi) is 5.67. The number of nitrogens with one attached hydrogen (secondary N) is 2. The molecule has 2 N–H and O–H groups in total. The summed E-state index contributed by atoms with van der Waals surface area (Å²) in [4.78, 5) is 22.2. The summed E-state index contributed by atoms with van der Waals surface area (Å²) in [5.74, 6) is 0.484. The minimum atomic E-state index is -0.249. The molecular weight excluding hydrogens is 356 g/mol. The van der Waals surface area contributed by atoms with Crippen LogP contribution >= 0.6 is 22.7 Å². The van der Waals surface area contributed by atoms with Crippen LogP contribution in [0.3, 0.4) is 0 Å². The van der Waals surface area contributed by atoms with Crippen molar-refractivity contribution in [2.45, 2.75) is 26.7 Å². The number of anilines is 2. The molecular formula is C16H18N6OS2. The van der Waals surface area contributed by atoms with Crippen LogP contribution < -0.4 is 10.6 Å².